The summed E-state index contributed by atoms with van der Waals surface area (Å²) < 4.78 is 8.92. The van der Waals surface area contributed by atoms with Crippen LogP contribution in [0.2, 0.25) is 0 Å². The van der Waals surface area contributed by atoms with Gasteiger partial charge in [0.25, 0.3) is 5.91 Å². The van der Waals surface area contributed by atoms with Crippen LogP contribution in [0.1, 0.15) is 39.7 Å². The standard InChI is InChI=1S/C33H38N3O2/c1-7-21-34(6)33(37)27-16-14-12-13-15-26(27)32-28-19-17-24(35(8-2)9-3)22-30(28)38-31-23-25(18-20-29(31)32)36(10-4)11-5/h1,12-13,15-20,22-23H,8-11,14,21H2,2-6H3/q+1. The fraction of sp³-hybridized carbons (Fsp3) is 0.333. The van der Waals surface area contributed by atoms with E-state index < -0.39 is 0 Å². The molecule has 2 aliphatic carbocycles. The maximum atomic E-state index is 13.6. The zero-order valence-corrected chi connectivity index (χ0v) is 23.3. The molecular formula is C33H38N3O2+. The topological polar surface area (TPSA) is 39.7 Å². The zero-order valence-electron chi connectivity index (χ0n) is 23.3. The molecule has 1 heterocycles. The Labute approximate surface area is 226 Å². The summed E-state index contributed by atoms with van der Waals surface area (Å²) >= 11 is 0. The van der Waals surface area contributed by atoms with Crippen LogP contribution < -0.4 is 14.8 Å². The van der Waals surface area contributed by atoms with Gasteiger partial charge in [0.2, 0.25) is 5.36 Å². The van der Waals surface area contributed by atoms with Crippen LogP contribution in [0.25, 0.3) is 27.9 Å². The molecular weight excluding hydrogens is 470 g/mol. The molecule has 0 atom stereocenters. The van der Waals surface area contributed by atoms with Gasteiger partial charge < -0.3 is 14.2 Å². The molecule has 0 saturated heterocycles. The molecule has 0 aromatic heterocycles. The van der Waals surface area contributed by atoms with E-state index in [1.807, 2.05) is 18.2 Å². The molecule has 5 heteroatoms. The second-order valence-corrected chi connectivity index (χ2v) is 9.41. The number of allylic oxidation sites excluding steroid dienone is 4. The van der Waals surface area contributed by atoms with Gasteiger partial charge >= 0.3 is 0 Å². The summed E-state index contributed by atoms with van der Waals surface area (Å²) in [6.07, 6.45) is 14.4. The number of nitrogens with zero attached hydrogens (tertiary/aromatic N) is 3. The van der Waals surface area contributed by atoms with E-state index in [9.17, 15) is 4.79 Å². The predicted octanol–water partition coefficient (Wildman–Crippen LogP) is 5.56. The summed E-state index contributed by atoms with van der Waals surface area (Å²) in [7, 11) is 1.75. The van der Waals surface area contributed by atoms with Crippen molar-refractivity contribution in [2.75, 3.05) is 44.7 Å². The first-order chi connectivity index (χ1) is 18.5. The highest BCUT2D eigenvalue weighted by Gasteiger charge is 2.26. The van der Waals surface area contributed by atoms with Gasteiger partial charge in [0, 0.05) is 60.0 Å². The maximum absolute atomic E-state index is 13.6. The summed E-state index contributed by atoms with van der Waals surface area (Å²) in [4.78, 5) is 17.5. The number of fused-ring (bicyclic) bond motifs is 2. The number of benzene rings is 2. The minimum absolute atomic E-state index is 0.0838. The van der Waals surface area contributed by atoms with Gasteiger partial charge in [0.15, 0.2) is 0 Å². The van der Waals surface area contributed by atoms with Crippen molar-refractivity contribution in [3.63, 3.8) is 0 Å². The van der Waals surface area contributed by atoms with Crippen molar-refractivity contribution in [1.29, 1.82) is 0 Å². The molecule has 38 heavy (non-hydrogen) atoms. The van der Waals surface area contributed by atoms with E-state index in [1.165, 1.54) is 0 Å². The number of amides is 1. The maximum Gasteiger partial charge on any atom is 0.254 e. The second kappa shape index (κ2) is 12.0. The van der Waals surface area contributed by atoms with Crippen molar-refractivity contribution >= 4 is 28.1 Å². The normalized spacial score (nSPS) is 13.1. The van der Waals surface area contributed by atoms with Crippen LogP contribution in [0, 0.1) is 12.3 Å². The Hall–Kier alpha value is -4.04. The van der Waals surface area contributed by atoms with Crippen LogP contribution in [-0.4, -0.2) is 50.6 Å². The highest BCUT2D eigenvalue weighted by molar-refractivity contribution is 6.14. The average Bonchev–Trinajstić information content (AvgIpc) is 3.18. The fourth-order valence-corrected chi connectivity index (χ4v) is 5.19. The molecule has 3 aliphatic rings. The number of likely N-dealkylation sites (N-methyl/N-ethyl adjacent to an activating group) is 1. The van der Waals surface area contributed by atoms with Crippen LogP contribution in [0.5, 0.6) is 0 Å². The van der Waals surface area contributed by atoms with Crippen LogP contribution in [0.3, 0.4) is 0 Å². The first-order valence-corrected chi connectivity index (χ1v) is 13.6. The van der Waals surface area contributed by atoms with Gasteiger partial charge in [0.1, 0.15) is 24.4 Å². The van der Waals surface area contributed by atoms with Gasteiger partial charge in [-0.05, 0) is 57.9 Å². The Bertz CT molecular complexity index is 1500. The lowest BCUT2D eigenvalue weighted by Gasteiger charge is -2.24. The largest absolute Gasteiger partial charge is 0.456 e. The summed E-state index contributed by atoms with van der Waals surface area (Å²) in [5.41, 5.74) is 5.42. The van der Waals surface area contributed by atoms with Crippen LogP contribution in [0.4, 0.5) is 5.69 Å². The Morgan fingerprint density at radius 2 is 1.84 bits per heavy atom. The van der Waals surface area contributed by atoms with E-state index in [1.54, 1.807) is 11.9 Å². The fourth-order valence-electron chi connectivity index (χ4n) is 5.19. The predicted molar refractivity (Wildman–Crippen MR) is 159 cm³/mol. The molecule has 0 spiro atoms. The molecule has 1 aromatic carbocycles. The van der Waals surface area contributed by atoms with Crippen molar-refractivity contribution in [1.82, 2.24) is 9.48 Å². The number of carbonyl (C=O) groups excluding carboxylic acids is 1. The van der Waals surface area contributed by atoms with Crippen molar-refractivity contribution in [3.05, 3.63) is 77.2 Å². The smallest absolute Gasteiger partial charge is 0.254 e. The first kappa shape index (κ1) is 27.0. The molecule has 0 N–H and O–H groups in total. The highest BCUT2D eigenvalue weighted by atomic mass is 16.3. The lowest BCUT2D eigenvalue weighted by atomic mass is 9.88. The van der Waals surface area contributed by atoms with Crippen LogP contribution in [0.15, 0.2) is 70.7 Å². The van der Waals surface area contributed by atoms with E-state index in [4.69, 9.17) is 10.8 Å². The molecule has 0 fully saturated rings. The third-order valence-electron chi connectivity index (χ3n) is 7.27. The molecule has 1 amide bonds. The Morgan fingerprint density at radius 3 is 2.53 bits per heavy atom. The van der Waals surface area contributed by atoms with Gasteiger partial charge in [-0.15, -0.1) is 6.42 Å². The molecule has 1 aliphatic heterocycles. The first-order valence-electron chi connectivity index (χ1n) is 13.6. The minimum Gasteiger partial charge on any atom is -0.456 e. The lowest BCUT2D eigenvalue weighted by Crippen LogP contribution is -2.29. The number of carbonyl (C=O) groups is 1. The Kier molecular flexibility index (Phi) is 8.53. The average molecular weight is 509 g/mol. The third-order valence-corrected chi connectivity index (χ3v) is 7.27. The highest BCUT2D eigenvalue weighted by Crippen LogP contribution is 2.41. The van der Waals surface area contributed by atoms with E-state index in [2.05, 4.69) is 85.6 Å². The SMILES string of the molecule is C#CCN(C)C(=O)C1=CCC=CC=C1c1c2ccc(=[N+](CC)CC)cc-2oc2cc(N(CC)CC)ccc12. The van der Waals surface area contributed by atoms with Crippen LogP contribution in [-0.2, 0) is 4.79 Å². The summed E-state index contributed by atoms with van der Waals surface area (Å²) in [6.45, 7) is 12.5. The van der Waals surface area contributed by atoms with Crippen molar-refractivity contribution < 1.29 is 9.21 Å². The molecule has 0 saturated carbocycles. The number of terminal acetylenes is 1. The molecule has 0 bridgehead atoms. The van der Waals surface area contributed by atoms with Crippen LogP contribution >= 0.6 is 0 Å². The van der Waals surface area contributed by atoms with E-state index in [-0.39, 0.29) is 12.5 Å². The summed E-state index contributed by atoms with van der Waals surface area (Å²) in [6, 6.07) is 12.8. The lowest BCUT2D eigenvalue weighted by molar-refractivity contribution is -0.124. The molecule has 1 aromatic rings. The molecule has 5 nitrogen and oxygen atoms in total. The van der Waals surface area contributed by atoms with Gasteiger partial charge in [-0.1, -0.05) is 30.2 Å². The summed E-state index contributed by atoms with van der Waals surface area (Å²) in [5.74, 6) is 3.30. The summed E-state index contributed by atoms with van der Waals surface area (Å²) in [5, 5.41) is 2.09. The van der Waals surface area contributed by atoms with Gasteiger partial charge in [-0.2, -0.15) is 0 Å². The quantitative estimate of drug-likeness (QED) is 0.227. The number of hydrogen-bond donors (Lipinski definition) is 0. The van der Waals surface area contributed by atoms with Gasteiger partial charge in [-0.25, -0.2) is 4.58 Å². The Balaban J connectivity index is 2.07. The van der Waals surface area contributed by atoms with Gasteiger partial charge in [-0.3, -0.25) is 4.79 Å². The third kappa shape index (κ3) is 5.17. The number of rotatable bonds is 8. The number of hydrogen-bond acceptors (Lipinski definition) is 3. The second-order valence-electron chi connectivity index (χ2n) is 9.41. The van der Waals surface area contributed by atoms with Crippen molar-refractivity contribution in [2.24, 2.45) is 0 Å². The number of anilines is 1. The molecule has 0 unspecified atom stereocenters. The van der Waals surface area contributed by atoms with Crippen molar-refractivity contribution in [2.45, 2.75) is 34.1 Å². The van der Waals surface area contributed by atoms with E-state index >= 15 is 0 Å². The zero-order chi connectivity index (χ0) is 27.2. The molecule has 196 valence electrons. The molecule has 4 rings (SSSR count). The van der Waals surface area contributed by atoms with Crippen molar-refractivity contribution in [3.8, 4) is 23.7 Å². The molecule has 0 radical (unpaired) electrons. The van der Waals surface area contributed by atoms with Gasteiger partial charge in [0.05, 0.1) is 12.6 Å². The monoisotopic (exact) mass is 508 g/mol. The van der Waals surface area contributed by atoms with E-state index in [0.717, 1.165) is 70.7 Å². The minimum atomic E-state index is -0.0838. The van der Waals surface area contributed by atoms with E-state index in [0.29, 0.717) is 12.0 Å². The Morgan fingerprint density at radius 1 is 1.08 bits per heavy atom.